The smallest absolute Gasteiger partial charge is 0.331 e. The number of ether oxygens (including phenoxy) is 1. The van der Waals surface area contributed by atoms with Crippen LogP contribution in [0, 0.1) is 0 Å². The van der Waals surface area contributed by atoms with E-state index in [1.165, 1.54) is 0 Å². The molecule has 3 N–H and O–H groups in total. The average Bonchev–Trinajstić information content (AvgIpc) is 2.55. The van der Waals surface area contributed by atoms with Crippen LogP contribution in [0.3, 0.4) is 0 Å². The Hall–Kier alpha value is -1.93. The Kier molecular flexibility index (Phi) is 2.83. The molecule has 1 aliphatic rings. The first-order valence-corrected chi connectivity index (χ1v) is 5.03. The molecule has 0 saturated carbocycles. The van der Waals surface area contributed by atoms with Crippen molar-refractivity contribution in [1.29, 1.82) is 0 Å². The van der Waals surface area contributed by atoms with Crippen molar-refractivity contribution >= 4 is 0 Å². The fraction of sp³-hybridized carbons (Fsp3) is 0.400. The van der Waals surface area contributed by atoms with Gasteiger partial charge in [-0.3, -0.25) is 14.3 Å². The third kappa shape index (κ3) is 1.66. The molecule has 0 bridgehead atoms. The first-order chi connectivity index (χ1) is 8.40. The lowest BCUT2D eigenvalue weighted by atomic mass is 9.98. The van der Waals surface area contributed by atoms with Crippen LogP contribution < -0.4 is 11.2 Å². The molecular weight excluding hydrogens is 247 g/mol. The van der Waals surface area contributed by atoms with Gasteiger partial charge in [0.1, 0.15) is 18.5 Å². The lowest BCUT2D eigenvalue weighted by Gasteiger charge is -2.27. The summed E-state index contributed by atoms with van der Waals surface area (Å²) < 4.78 is 18.7. The van der Waals surface area contributed by atoms with Crippen LogP contribution in [0.2, 0.25) is 0 Å². The Morgan fingerprint density at radius 1 is 1.61 bits per heavy atom. The number of aliphatic hydroxyl groups excluding tert-OH is 1. The zero-order chi connectivity index (χ0) is 13.5. The summed E-state index contributed by atoms with van der Waals surface area (Å²) in [4.78, 5) is 24.4. The molecule has 98 valence electrons. The molecule has 2 rings (SSSR count). The second-order valence-electron chi connectivity index (χ2n) is 3.98. The largest absolute Gasteiger partial charge is 0.469 e. The summed E-state index contributed by atoms with van der Waals surface area (Å²) in [6.45, 7) is 1.97. The molecule has 7 nitrogen and oxygen atoms in total. The molecule has 0 aliphatic carbocycles. The van der Waals surface area contributed by atoms with Crippen molar-refractivity contribution in [2.45, 2.75) is 17.9 Å². The summed E-state index contributed by atoms with van der Waals surface area (Å²) in [6, 6.07) is 1.01. The molecule has 2 heterocycles. The van der Waals surface area contributed by atoms with E-state index in [9.17, 15) is 24.2 Å². The summed E-state index contributed by atoms with van der Waals surface area (Å²) in [6.07, 6.45) is -2.11. The van der Waals surface area contributed by atoms with Crippen molar-refractivity contribution in [3.8, 4) is 0 Å². The molecule has 1 fully saturated rings. The van der Waals surface area contributed by atoms with Crippen molar-refractivity contribution in [3.63, 3.8) is 0 Å². The highest BCUT2D eigenvalue weighted by Gasteiger charge is 2.54. The summed E-state index contributed by atoms with van der Waals surface area (Å²) in [5.74, 6) is -0.252. The first kappa shape index (κ1) is 12.5. The van der Waals surface area contributed by atoms with Crippen molar-refractivity contribution in [2.75, 3.05) is 6.67 Å². The van der Waals surface area contributed by atoms with E-state index in [4.69, 9.17) is 4.74 Å². The third-order valence-electron chi connectivity index (χ3n) is 2.79. The Balaban J connectivity index is 2.53. The monoisotopic (exact) mass is 258 g/mol. The topological polar surface area (TPSA) is 105 Å². The Bertz CT molecular complexity index is 594. The minimum absolute atomic E-state index is 0.252. The number of nitrogens with one attached hydrogen (secondary N) is 1. The molecule has 1 aromatic heterocycles. The molecular formula is C10H11FN2O5. The van der Waals surface area contributed by atoms with Crippen LogP contribution in [0.15, 0.2) is 34.2 Å². The maximum Gasteiger partial charge on any atom is 0.331 e. The highest BCUT2D eigenvalue weighted by Crippen LogP contribution is 2.39. The normalized spacial score (nSPS) is 31.4. The zero-order valence-corrected chi connectivity index (χ0v) is 9.17. The van der Waals surface area contributed by atoms with Crippen LogP contribution in [0.4, 0.5) is 4.39 Å². The number of hydrogen-bond acceptors (Lipinski definition) is 5. The zero-order valence-electron chi connectivity index (χ0n) is 9.17. The van der Waals surface area contributed by atoms with Gasteiger partial charge in [0.2, 0.25) is 6.23 Å². The number of aromatic nitrogens is 2. The van der Waals surface area contributed by atoms with Gasteiger partial charge in [0.05, 0.1) is 0 Å². The first-order valence-electron chi connectivity index (χ1n) is 5.03. The summed E-state index contributed by atoms with van der Waals surface area (Å²) in [5, 5.41) is 19.6. The van der Waals surface area contributed by atoms with Crippen molar-refractivity contribution in [1.82, 2.24) is 9.55 Å². The molecule has 18 heavy (non-hydrogen) atoms. The van der Waals surface area contributed by atoms with E-state index in [2.05, 4.69) is 6.58 Å². The minimum Gasteiger partial charge on any atom is -0.469 e. The van der Waals surface area contributed by atoms with E-state index in [1.807, 2.05) is 4.98 Å². The number of rotatable bonds is 2. The van der Waals surface area contributed by atoms with Gasteiger partial charge in [0.25, 0.3) is 5.56 Å². The number of H-pyrrole nitrogens is 1. The molecule has 3 atom stereocenters. The Labute approximate surface area is 99.8 Å². The van der Waals surface area contributed by atoms with E-state index >= 15 is 0 Å². The number of alkyl halides is 1. The van der Waals surface area contributed by atoms with Gasteiger partial charge in [0.15, 0.2) is 5.60 Å². The summed E-state index contributed by atoms with van der Waals surface area (Å²) in [7, 11) is 0. The predicted octanol–water partition coefficient (Wildman–Crippen LogP) is -1.36. The maximum atomic E-state index is 12.9. The Morgan fingerprint density at radius 3 is 2.83 bits per heavy atom. The molecule has 0 spiro atoms. The van der Waals surface area contributed by atoms with Crippen LogP contribution in [-0.4, -0.2) is 38.1 Å². The second-order valence-corrected chi connectivity index (χ2v) is 3.98. The standard InChI is InChI=1S/C10H11FN2O5/c1-5-7(15)10(17,4-11)8(18-5)13-3-2-6(14)12-9(13)16/h2-3,7-8,15,17H,1,4H2,(H,12,14,16)/t7-,8-,10-/m1/s1. The molecule has 0 unspecified atom stereocenters. The molecule has 0 radical (unpaired) electrons. The highest BCUT2D eigenvalue weighted by atomic mass is 19.1. The molecule has 0 aromatic carbocycles. The van der Waals surface area contributed by atoms with Crippen molar-refractivity contribution < 1.29 is 19.3 Å². The van der Waals surface area contributed by atoms with E-state index in [1.54, 1.807) is 0 Å². The summed E-state index contributed by atoms with van der Waals surface area (Å²) in [5.41, 5.74) is -3.85. The van der Waals surface area contributed by atoms with Gasteiger partial charge >= 0.3 is 5.69 Å². The van der Waals surface area contributed by atoms with Crippen LogP contribution in [0.25, 0.3) is 0 Å². The van der Waals surface area contributed by atoms with Gasteiger partial charge in [-0.15, -0.1) is 0 Å². The molecule has 1 aromatic rings. The van der Waals surface area contributed by atoms with Gasteiger partial charge in [-0.1, -0.05) is 6.58 Å². The number of hydrogen-bond donors (Lipinski definition) is 3. The third-order valence-corrected chi connectivity index (χ3v) is 2.79. The van der Waals surface area contributed by atoms with E-state index < -0.39 is 35.9 Å². The SMILES string of the molecule is C=C1O[C@@H](n2ccc(=O)[nH]c2=O)[C@@](O)(CF)[C@@H]1O. The molecule has 1 aliphatic heterocycles. The minimum atomic E-state index is -2.32. The van der Waals surface area contributed by atoms with Gasteiger partial charge in [-0.05, 0) is 0 Å². The number of halogens is 1. The van der Waals surface area contributed by atoms with Crippen LogP contribution in [0.5, 0.6) is 0 Å². The maximum absolute atomic E-state index is 12.9. The van der Waals surface area contributed by atoms with Crippen molar-refractivity contribution in [3.05, 3.63) is 45.4 Å². The van der Waals surface area contributed by atoms with Gasteiger partial charge in [-0.2, -0.15) is 0 Å². The predicted molar refractivity (Wildman–Crippen MR) is 57.5 cm³/mol. The van der Waals surface area contributed by atoms with E-state index in [0.29, 0.717) is 0 Å². The lowest BCUT2D eigenvalue weighted by molar-refractivity contribution is -0.119. The Morgan fingerprint density at radius 2 is 2.28 bits per heavy atom. The second kappa shape index (κ2) is 4.07. The highest BCUT2D eigenvalue weighted by molar-refractivity contribution is 5.13. The lowest BCUT2D eigenvalue weighted by Crippen LogP contribution is -2.49. The van der Waals surface area contributed by atoms with Crippen LogP contribution in [0.1, 0.15) is 6.23 Å². The quantitative estimate of drug-likeness (QED) is 0.607. The van der Waals surface area contributed by atoms with E-state index in [-0.39, 0.29) is 5.76 Å². The average molecular weight is 258 g/mol. The van der Waals surface area contributed by atoms with E-state index in [0.717, 1.165) is 16.8 Å². The molecule has 0 amide bonds. The van der Waals surface area contributed by atoms with Gasteiger partial charge in [0, 0.05) is 12.3 Å². The van der Waals surface area contributed by atoms with Gasteiger partial charge < -0.3 is 14.9 Å². The number of nitrogens with zero attached hydrogens (tertiary/aromatic N) is 1. The molecule has 8 heteroatoms. The van der Waals surface area contributed by atoms with Crippen LogP contribution >= 0.6 is 0 Å². The van der Waals surface area contributed by atoms with Crippen molar-refractivity contribution in [2.24, 2.45) is 0 Å². The van der Waals surface area contributed by atoms with Gasteiger partial charge in [-0.25, -0.2) is 9.18 Å². The van der Waals surface area contributed by atoms with Crippen LogP contribution in [-0.2, 0) is 4.74 Å². The number of aliphatic hydroxyl groups is 2. The fourth-order valence-electron chi connectivity index (χ4n) is 1.77. The number of aromatic amines is 1. The molecule has 1 saturated heterocycles. The fourth-order valence-corrected chi connectivity index (χ4v) is 1.77. The summed E-state index contributed by atoms with van der Waals surface area (Å²) >= 11 is 0.